The van der Waals surface area contributed by atoms with Crippen LogP contribution in [-0.2, 0) is 0 Å². The van der Waals surface area contributed by atoms with Gasteiger partial charge in [-0.2, -0.15) is 0 Å². The molecule has 2 aliphatic rings. The van der Waals surface area contributed by atoms with Gasteiger partial charge in [0.05, 0.1) is 0 Å². The van der Waals surface area contributed by atoms with Crippen LogP contribution in [0.5, 0.6) is 0 Å². The van der Waals surface area contributed by atoms with Crippen molar-refractivity contribution >= 4 is 0 Å². The van der Waals surface area contributed by atoms with Gasteiger partial charge in [0.2, 0.25) is 0 Å². The monoisotopic (exact) mass is 196 g/mol. The zero-order valence-electron chi connectivity index (χ0n) is 9.63. The number of hydrogen-bond acceptors (Lipinski definition) is 2. The second kappa shape index (κ2) is 4.63. The third kappa shape index (κ3) is 2.29. The van der Waals surface area contributed by atoms with Crippen molar-refractivity contribution in [2.45, 2.75) is 51.6 Å². The van der Waals surface area contributed by atoms with Gasteiger partial charge in [-0.1, -0.05) is 6.42 Å². The Hall–Kier alpha value is -0.0800. The van der Waals surface area contributed by atoms with Gasteiger partial charge in [0.25, 0.3) is 0 Å². The van der Waals surface area contributed by atoms with Crippen molar-refractivity contribution in [1.82, 2.24) is 10.2 Å². The Morgan fingerprint density at radius 3 is 2.64 bits per heavy atom. The molecule has 14 heavy (non-hydrogen) atoms. The van der Waals surface area contributed by atoms with Gasteiger partial charge < -0.3 is 5.32 Å². The van der Waals surface area contributed by atoms with E-state index in [0.717, 1.165) is 12.0 Å². The molecule has 1 aliphatic carbocycles. The van der Waals surface area contributed by atoms with Crippen molar-refractivity contribution in [2.24, 2.45) is 5.92 Å². The summed E-state index contributed by atoms with van der Waals surface area (Å²) >= 11 is 0. The largest absolute Gasteiger partial charge is 0.313 e. The van der Waals surface area contributed by atoms with Crippen LogP contribution >= 0.6 is 0 Å². The van der Waals surface area contributed by atoms with Gasteiger partial charge in [-0.25, -0.2) is 0 Å². The second-order valence-electron chi connectivity index (χ2n) is 5.11. The van der Waals surface area contributed by atoms with E-state index in [0.29, 0.717) is 6.04 Å². The van der Waals surface area contributed by atoms with Crippen molar-refractivity contribution in [1.29, 1.82) is 0 Å². The van der Waals surface area contributed by atoms with Gasteiger partial charge in [-0.15, -0.1) is 0 Å². The molecule has 2 atom stereocenters. The molecule has 2 heteroatoms. The lowest BCUT2D eigenvalue weighted by atomic mass is 9.80. The molecule has 2 rings (SSSR count). The van der Waals surface area contributed by atoms with Gasteiger partial charge in [-0.05, 0) is 45.6 Å². The average Bonchev–Trinajstić information content (AvgIpc) is 2.26. The van der Waals surface area contributed by atoms with Crippen LogP contribution in [0, 0.1) is 5.92 Å². The minimum absolute atomic E-state index is 0.716. The molecule has 0 aromatic heterocycles. The number of hydrogen-bond donors (Lipinski definition) is 1. The van der Waals surface area contributed by atoms with Crippen LogP contribution in [0.3, 0.4) is 0 Å². The summed E-state index contributed by atoms with van der Waals surface area (Å²) in [5.41, 5.74) is 0. The molecule has 2 nitrogen and oxygen atoms in total. The van der Waals surface area contributed by atoms with E-state index in [9.17, 15) is 0 Å². The highest BCUT2D eigenvalue weighted by atomic mass is 15.2. The zero-order chi connectivity index (χ0) is 9.97. The Bertz CT molecular complexity index is 177. The van der Waals surface area contributed by atoms with E-state index in [2.05, 4.69) is 24.1 Å². The molecule has 0 aromatic carbocycles. The maximum absolute atomic E-state index is 3.56. The first kappa shape index (κ1) is 10.4. The smallest absolute Gasteiger partial charge is 0.0110 e. The Kier molecular flexibility index (Phi) is 3.45. The SMILES string of the molecule is CC1CCN(C(C)C2CCC2)CCN1. The lowest BCUT2D eigenvalue weighted by Crippen LogP contribution is -2.42. The average molecular weight is 196 g/mol. The topological polar surface area (TPSA) is 15.3 Å². The first-order valence-corrected chi connectivity index (χ1v) is 6.25. The third-order valence-corrected chi connectivity index (χ3v) is 4.15. The molecule has 1 saturated carbocycles. The Morgan fingerprint density at radius 1 is 1.21 bits per heavy atom. The van der Waals surface area contributed by atoms with E-state index in [1.807, 2.05) is 0 Å². The summed E-state index contributed by atoms with van der Waals surface area (Å²) in [5, 5.41) is 3.56. The van der Waals surface area contributed by atoms with Gasteiger partial charge in [0.1, 0.15) is 0 Å². The molecule has 1 aliphatic heterocycles. The predicted octanol–water partition coefficient (Wildman–Crippen LogP) is 1.86. The van der Waals surface area contributed by atoms with Crippen LogP contribution in [0.4, 0.5) is 0 Å². The standard InChI is InChI=1S/C12H24N2/c1-10-6-8-14(9-7-13-10)11(2)12-4-3-5-12/h10-13H,3-9H2,1-2H3. The zero-order valence-corrected chi connectivity index (χ0v) is 9.63. The molecular weight excluding hydrogens is 172 g/mol. The van der Waals surface area contributed by atoms with Crippen molar-refractivity contribution < 1.29 is 0 Å². The molecule has 0 aromatic rings. The summed E-state index contributed by atoms with van der Waals surface area (Å²) in [6.45, 7) is 8.46. The van der Waals surface area contributed by atoms with Gasteiger partial charge in [-0.3, -0.25) is 4.90 Å². The van der Waals surface area contributed by atoms with E-state index >= 15 is 0 Å². The number of nitrogens with zero attached hydrogens (tertiary/aromatic N) is 1. The van der Waals surface area contributed by atoms with Gasteiger partial charge in [0, 0.05) is 25.2 Å². The molecule has 82 valence electrons. The predicted molar refractivity (Wildman–Crippen MR) is 60.5 cm³/mol. The van der Waals surface area contributed by atoms with E-state index < -0.39 is 0 Å². The molecule has 0 amide bonds. The highest BCUT2D eigenvalue weighted by Gasteiger charge is 2.28. The lowest BCUT2D eigenvalue weighted by molar-refractivity contribution is 0.114. The fraction of sp³-hybridized carbons (Fsp3) is 1.00. The maximum atomic E-state index is 3.56. The van der Waals surface area contributed by atoms with Crippen molar-refractivity contribution in [2.75, 3.05) is 19.6 Å². The van der Waals surface area contributed by atoms with E-state index in [1.54, 1.807) is 0 Å². The van der Waals surface area contributed by atoms with Crippen LogP contribution in [0.25, 0.3) is 0 Å². The van der Waals surface area contributed by atoms with Crippen LogP contribution in [0.15, 0.2) is 0 Å². The molecule has 0 radical (unpaired) electrons. The van der Waals surface area contributed by atoms with E-state index in [4.69, 9.17) is 0 Å². The fourth-order valence-corrected chi connectivity index (χ4v) is 2.66. The summed E-state index contributed by atoms with van der Waals surface area (Å²) in [6, 6.07) is 1.55. The summed E-state index contributed by atoms with van der Waals surface area (Å²) in [5.74, 6) is 1.00. The summed E-state index contributed by atoms with van der Waals surface area (Å²) in [6.07, 6.45) is 5.73. The Morgan fingerprint density at radius 2 is 2.00 bits per heavy atom. The third-order valence-electron chi connectivity index (χ3n) is 4.15. The molecule has 2 fully saturated rings. The normalized spacial score (nSPS) is 33.4. The van der Waals surface area contributed by atoms with Crippen molar-refractivity contribution in [3.8, 4) is 0 Å². The summed E-state index contributed by atoms with van der Waals surface area (Å²) in [4.78, 5) is 2.69. The number of nitrogens with one attached hydrogen (secondary N) is 1. The van der Waals surface area contributed by atoms with Crippen molar-refractivity contribution in [3.05, 3.63) is 0 Å². The highest BCUT2D eigenvalue weighted by molar-refractivity contribution is 4.84. The Labute approximate surface area is 88.1 Å². The quantitative estimate of drug-likeness (QED) is 0.725. The maximum Gasteiger partial charge on any atom is 0.0110 e. The first-order chi connectivity index (χ1) is 6.77. The molecule has 1 saturated heterocycles. The lowest BCUT2D eigenvalue weighted by Gasteiger charge is -2.38. The minimum atomic E-state index is 0.716. The van der Waals surface area contributed by atoms with E-state index in [-0.39, 0.29) is 0 Å². The molecule has 0 bridgehead atoms. The first-order valence-electron chi connectivity index (χ1n) is 6.25. The Balaban J connectivity index is 1.83. The van der Waals surface area contributed by atoms with Crippen LogP contribution < -0.4 is 5.32 Å². The highest BCUT2D eigenvalue weighted by Crippen LogP contribution is 2.32. The van der Waals surface area contributed by atoms with E-state index in [1.165, 1.54) is 45.3 Å². The van der Waals surface area contributed by atoms with Crippen molar-refractivity contribution in [3.63, 3.8) is 0 Å². The van der Waals surface area contributed by atoms with Crippen LogP contribution in [0.2, 0.25) is 0 Å². The minimum Gasteiger partial charge on any atom is -0.313 e. The fourth-order valence-electron chi connectivity index (χ4n) is 2.66. The molecule has 0 spiro atoms. The summed E-state index contributed by atoms with van der Waals surface area (Å²) < 4.78 is 0. The second-order valence-corrected chi connectivity index (χ2v) is 5.11. The summed E-state index contributed by atoms with van der Waals surface area (Å²) in [7, 11) is 0. The molecular formula is C12H24N2. The van der Waals surface area contributed by atoms with Gasteiger partial charge in [0.15, 0.2) is 0 Å². The van der Waals surface area contributed by atoms with Gasteiger partial charge >= 0.3 is 0 Å². The molecule has 1 N–H and O–H groups in total. The van der Waals surface area contributed by atoms with Crippen LogP contribution in [-0.4, -0.2) is 36.6 Å². The number of rotatable bonds is 2. The van der Waals surface area contributed by atoms with Crippen LogP contribution in [0.1, 0.15) is 39.5 Å². The molecule has 1 heterocycles. The molecule has 2 unspecified atom stereocenters.